The molecule has 1 N–H and O–H groups in total. The summed E-state index contributed by atoms with van der Waals surface area (Å²) in [5.74, 6) is -0.132. The summed E-state index contributed by atoms with van der Waals surface area (Å²) in [6.45, 7) is 1.54. The van der Waals surface area contributed by atoms with Crippen LogP contribution in [0, 0.1) is 0 Å². The third-order valence-corrected chi connectivity index (χ3v) is 3.17. The van der Waals surface area contributed by atoms with Gasteiger partial charge in [-0.2, -0.15) is 13.2 Å². The van der Waals surface area contributed by atoms with Crippen LogP contribution in [-0.2, 0) is 6.18 Å². The Labute approximate surface area is 124 Å². The van der Waals surface area contributed by atoms with Crippen LogP contribution in [0.2, 0.25) is 5.02 Å². The summed E-state index contributed by atoms with van der Waals surface area (Å²) in [4.78, 5) is 0. The Morgan fingerprint density at radius 2 is 1.81 bits per heavy atom. The van der Waals surface area contributed by atoms with E-state index in [1.54, 1.807) is 6.92 Å². The maximum atomic E-state index is 12.9. The molecule has 0 fully saturated rings. The zero-order valence-corrected chi connectivity index (χ0v) is 11.7. The first-order valence-electron chi connectivity index (χ1n) is 6.10. The molecule has 0 aliphatic rings. The molecule has 21 heavy (non-hydrogen) atoms. The van der Waals surface area contributed by atoms with Crippen molar-refractivity contribution in [2.75, 3.05) is 0 Å². The van der Waals surface area contributed by atoms with Crippen LogP contribution in [0.15, 0.2) is 42.5 Å². The van der Waals surface area contributed by atoms with Crippen molar-refractivity contribution in [1.29, 1.82) is 0 Å². The number of halogens is 4. The molecule has 2 aromatic rings. The van der Waals surface area contributed by atoms with E-state index in [4.69, 9.17) is 16.3 Å². The molecule has 0 amide bonds. The Kier molecular flexibility index (Phi) is 4.44. The highest BCUT2D eigenvalue weighted by Gasteiger charge is 2.34. The van der Waals surface area contributed by atoms with Crippen LogP contribution < -0.4 is 4.74 Å². The maximum Gasteiger partial charge on any atom is 0.419 e. The lowest BCUT2D eigenvalue weighted by atomic mass is 10.1. The number of hydrogen-bond acceptors (Lipinski definition) is 2. The quantitative estimate of drug-likeness (QED) is 0.843. The van der Waals surface area contributed by atoms with Crippen LogP contribution in [0.1, 0.15) is 24.2 Å². The molecule has 1 unspecified atom stereocenters. The lowest BCUT2D eigenvalue weighted by Crippen LogP contribution is -2.06. The van der Waals surface area contributed by atoms with E-state index >= 15 is 0 Å². The lowest BCUT2D eigenvalue weighted by Gasteiger charge is -2.14. The number of alkyl halides is 3. The van der Waals surface area contributed by atoms with Gasteiger partial charge in [-0.1, -0.05) is 29.8 Å². The molecule has 0 heterocycles. The van der Waals surface area contributed by atoms with Crippen molar-refractivity contribution in [3.63, 3.8) is 0 Å². The standard InChI is InChI=1S/C15H12ClF3O2/c1-9(20)11-7-6-10(8-13(11)16)21-14-5-3-2-4-12(14)15(17,18)19/h2-9,20H,1H3. The highest BCUT2D eigenvalue weighted by atomic mass is 35.5. The molecule has 6 heteroatoms. The largest absolute Gasteiger partial charge is 0.457 e. The second-order valence-electron chi connectivity index (χ2n) is 4.46. The summed E-state index contributed by atoms with van der Waals surface area (Å²) in [6.07, 6.45) is -5.27. The van der Waals surface area contributed by atoms with Crippen LogP contribution in [0.5, 0.6) is 11.5 Å². The number of aliphatic hydroxyl groups excluding tert-OH is 1. The Morgan fingerprint density at radius 1 is 1.14 bits per heavy atom. The molecule has 2 aromatic carbocycles. The van der Waals surface area contributed by atoms with E-state index in [0.29, 0.717) is 5.56 Å². The van der Waals surface area contributed by atoms with Gasteiger partial charge in [0.05, 0.1) is 16.7 Å². The summed E-state index contributed by atoms with van der Waals surface area (Å²) < 4.78 is 43.8. The van der Waals surface area contributed by atoms with E-state index < -0.39 is 17.8 Å². The van der Waals surface area contributed by atoms with Gasteiger partial charge in [-0.15, -0.1) is 0 Å². The minimum atomic E-state index is -4.50. The van der Waals surface area contributed by atoms with Gasteiger partial charge in [0, 0.05) is 0 Å². The molecule has 112 valence electrons. The zero-order valence-electron chi connectivity index (χ0n) is 11.0. The maximum absolute atomic E-state index is 12.9. The summed E-state index contributed by atoms with van der Waals surface area (Å²) in [5, 5.41) is 9.69. The molecule has 1 atom stereocenters. The van der Waals surface area contributed by atoms with Crippen molar-refractivity contribution < 1.29 is 23.0 Å². The normalized spacial score (nSPS) is 13.0. The molecule has 2 rings (SSSR count). The molecule has 0 bridgehead atoms. The van der Waals surface area contributed by atoms with Crippen molar-refractivity contribution in [1.82, 2.24) is 0 Å². The first-order chi connectivity index (χ1) is 9.79. The van der Waals surface area contributed by atoms with Crippen molar-refractivity contribution in [3.05, 3.63) is 58.6 Å². The average molecular weight is 317 g/mol. The number of benzene rings is 2. The first kappa shape index (κ1) is 15.7. The SMILES string of the molecule is CC(O)c1ccc(Oc2ccccc2C(F)(F)F)cc1Cl. The van der Waals surface area contributed by atoms with E-state index in [2.05, 4.69) is 0 Å². The zero-order chi connectivity index (χ0) is 15.6. The van der Waals surface area contributed by atoms with Gasteiger partial charge in [0.2, 0.25) is 0 Å². The number of hydrogen-bond donors (Lipinski definition) is 1. The monoisotopic (exact) mass is 316 g/mol. The molecule has 0 aromatic heterocycles. The summed E-state index contributed by atoms with van der Waals surface area (Å²) in [6, 6.07) is 9.27. The highest BCUT2D eigenvalue weighted by molar-refractivity contribution is 6.31. The van der Waals surface area contributed by atoms with Gasteiger partial charge >= 0.3 is 6.18 Å². The van der Waals surface area contributed by atoms with Crippen LogP contribution in [0.3, 0.4) is 0 Å². The van der Waals surface area contributed by atoms with Gasteiger partial charge in [-0.25, -0.2) is 0 Å². The minimum Gasteiger partial charge on any atom is -0.457 e. The van der Waals surface area contributed by atoms with Crippen LogP contribution in [0.25, 0.3) is 0 Å². The van der Waals surface area contributed by atoms with Crippen molar-refractivity contribution in [3.8, 4) is 11.5 Å². The average Bonchev–Trinajstić information content (AvgIpc) is 2.37. The number of aliphatic hydroxyl groups is 1. The van der Waals surface area contributed by atoms with Crippen LogP contribution >= 0.6 is 11.6 Å². The Morgan fingerprint density at radius 3 is 2.38 bits per heavy atom. The van der Waals surface area contributed by atoms with Gasteiger partial charge in [0.25, 0.3) is 0 Å². The second-order valence-corrected chi connectivity index (χ2v) is 4.86. The van der Waals surface area contributed by atoms with E-state index in [1.807, 2.05) is 0 Å². The molecule has 0 aliphatic carbocycles. The number of ether oxygens (including phenoxy) is 1. The van der Waals surface area contributed by atoms with Gasteiger partial charge in [0.1, 0.15) is 11.5 Å². The van der Waals surface area contributed by atoms with Crippen LogP contribution in [-0.4, -0.2) is 5.11 Å². The van der Waals surface area contributed by atoms with Gasteiger partial charge in [0.15, 0.2) is 0 Å². The third-order valence-electron chi connectivity index (χ3n) is 2.84. The second kappa shape index (κ2) is 5.95. The number of para-hydroxylation sites is 1. The third kappa shape index (κ3) is 3.68. The highest BCUT2D eigenvalue weighted by Crippen LogP contribution is 2.38. The fourth-order valence-corrected chi connectivity index (χ4v) is 2.16. The van der Waals surface area contributed by atoms with Gasteiger partial charge in [-0.3, -0.25) is 0 Å². The smallest absolute Gasteiger partial charge is 0.419 e. The fraction of sp³-hybridized carbons (Fsp3) is 0.200. The lowest BCUT2D eigenvalue weighted by molar-refractivity contribution is -0.138. The molecule has 0 spiro atoms. The molecule has 0 saturated carbocycles. The van der Waals surface area contributed by atoms with E-state index in [1.165, 1.54) is 36.4 Å². The molecular weight excluding hydrogens is 305 g/mol. The molecule has 0 saturated heterocycles. The summed E-state index contributed by atoms with van der Waals surface area (Å²) in [5.41, 5.74) is -0.381. The number of rotatable bonds is 3. The van der Waals surface area contributed by atoms with Gasteiger partial charge in [-0.05, 0) is 36.8 Å². The molecule has 2 nitrogen and oxygen atoms in total. The summed E-state index contributed by atoms with van der Waals surface area (Å²) >= 11 is 5.96. The van der Waals surface area contributed by atoms with Gasteiger partial charge < -0.3 is 9.84 Å². The summed E-state index contributed by atoms with van der Waals surface area (Å²) in [7, 11) is 0. The Hall–Kier alpha value is -1.72. The van der Waals surface area contributed by atoms with Crippen molar-refractivity contribution >= 4 is 11.6 Å². The Bertz CT molecular complexity index is 639. The topological polar surface area (TPSA) is 29.5 Å². The minimum absolute atomic E-state index is 0.168. The predicted octanol–water partition coefficient (Wildman–Crippen LogP) is 5.20. The van der Waals surface area contributed by atoms with Crippen molar-refractivity contribution in [2.45, 2.75) is 19.2 Å². The predicted molar refractivity (Wildman–Crippen MR) is 73.6 cm³/mol. The first-order valence-corrected chi connectivity index (χ1v) is 6.48. The van der Waals surface area contributed by atoms with Crippen LogP contribution in [0.4, 0.5) is 13.2 Å². The molecule has 0 radical (unpaired) electrons. The molecular formula is C15H12ClF3O2. The van der Waals surface area contributed by atoms with E-state index in [9.17, 15) is 18.3 Å². The van der Waals surface area contributed by atoms with E-state index in [-0.39, 0.29) is 16.5 Å². The van der Waals surface area contributed by atoms with Crippen molar-refractivity contribution in [2.24, 2.45) is 0 Å². The molecule has 0 aliphatic heterocycles. The Balaban J connectivity index is 2.33. The van der Waals surface area contributed by atoms with E-state index in [0.717, 1.165) is 6.07 Å². The fourth-order valence-electron chi connectivity index (χ4n) is 1.83.